The van der Waals surface area contributed by atoms with E-state index in [-0.39, 0.29) is 5.97 Å². The summed E-state index contributed by atoms with van der Waals surface area (Å²) in [5.74, 6) is 1.73. The van der Waals surface area contributed by atoms with Gasteiger partial charge < -0.3 is 9.84 Å². The van der Waals surface area contributed by atoms with Crippen molar-refractivity contribution in [2.75, 3.05) is 0 Å². The van der Waals surface area contributed by atoms with Crippen molar-refractivity contribution in [3.8, 4) is 11.5 Å². The fourth-order valence-corrected chi connectivity index (χ4v) is 2.88. The van der Waals surface area contributed by atoms with Gasteiger partial charge in [-0.3, -0.25) is 0 Å². The van der Waals surface area contributed by atoms with E-state index in [2.05, 4.69) is 27.7 Å². The Kier molecular flexibility index (Phi) is 9.14. The first kappa shape index (κ1) is 23.2. The third kappa shape index (κ3) is 7.07. The lowest BCUT2D eigenvalue weighted by Gasteiger charge is -2.10. The molecule has 0 fully saturated rings. The van der Waals surface area contributed by atoms with Gasteiger partial charge in [0.1, 0.15) is 11.5 Å². The predicted molar refractivity (Wildman–Crippen MR) is 123 cm³/mol. The molecule has 0 bridgehead atoms. The van der Waals surface area contributed by atoms with E-state index in [9.17, 15) is 4.79 Å². The number of phenolic OH excluding ortho intramolecular Hbond substituents is 1. The largest absolute Gasteiger partial charge is 0.508 e. The van der Waals surface area contributed by atoms with Crippen molar-refractivity contribution < 1.29 is 14.6 Å². The number of carbonyl (C=O) groups is 1. The molecule has 158 valence electrons. The number of hydrogen-bond acceptors (Lipinski definition) is 3. The summed E-state index contributed by atoms with van der Waals surface area (Å²) in [5, 5.41) is 9.01. The average Bonchev–Trinajstić information content (AvgIpc) is 2.80. The Labute approximate surface area is 180 Å². The van der Waals surface area contributed by atoms with E-state index in [1.807, 2.05) is 54.6 Å². The lowest BCUT2D eigenvalue weighted by Crippen LogP contribution is -2.08. The van der Waals surface area contributed by atoms with Gasteiger partial charge in [-0.2, -0.15) is 0 Å². The number of ether oxygens (including phenoxy) is 1. The SMILES string of the molecule is CCC(C)c1ccc(O)cc1.CCC(C)c1ccc(OC(=O)c2ccccc2)cc1. The van der Waals surface area contributed by atoms with Gasteiger partial charge in [0.2, 0.25) is 0 Å². The van der Waals surface area contributed by atoms with Crippen LogP contribution in [0.1, 0.15) is 73.9 Å². The van der Waals surface area contributed by atoms with E-state index in [0.29, 0.717) is 28.9 Å². The second kappa shape index (κ2) is 11.8. The van der Waals surface area contributed by atoms with Crippen LogP contribution in [0.25, 0.3) is 0 Å². The van der Waals surface area contributed by atoms with Crippen LogP contribution >= 0.6 is 0 Å². The summed E-state index contributed by atoms with van der Waals surface area (Å²) in [4.78, 5) is 11.9. The molecule has 2 unspecified atom stereocenters. The Morgan fingerprint density at radius 1 is 0.767 bits per heavy atom. The van der Waals surface area contributed by atoms with E-state index in [1.165, 1.54) is 11.1 Å². The van der Waals surface area contributed by atoms with Gasteiger partial charge in [0.05, 0.1) is 5.56 Å². The second-order valence-corrected chi connectivity index (χ2v) is 7.53. The lowest BCUT2D eigenvalue weighted by molar-refractivity contribution is 0.0734. The molecule has 0 aliphatic heterocycles. The molecule has 2 atom stereocenters. The third-order valence-electron chi connectivity index (χ3n) is 5.36. The number of aromatic hydroxyl groups is 1. The zero-order valence-electron chi connectivity index (χ0n) is 18.3. The number of hydrogen-bond donors (Lipinski definition) is 1. The van der Waals surface area contributed by atoms with Gasteiger partial charge in [0.15, 0.2) is 0 Å². The minimum Gasteiger partial charge on any atom is -0.508 e. The molecular weight excluding hydrogens is 372 g/mol. The molecule has 0 heterocycles. The molecule has 0 aliphatic rings. The summed E-state index contributed by atoms with van der Waals surface area (Å²) in [6.45, 7) is 8.70. The molecule has 3 rings (SSSR count). The zero-order valence-corrected chi connectivity index (χ0v) is 18.3. The van der Waals surface area contributed by atoms with Crippen LogP contribution in [0.2, 0.25) is 0 Å². The fraction of sp³-hybridized carbons (Fsp3) is 0.296. The van der Waals surface area contributed by atoms with Crippen LogP contribution in [0.15, 0.2) is 78.9 Å². The van der Waals surface area contributed by atoms with Crippen molar-refractivity contribution in [1.29, 1.82) is 0 Å². The van der Waals surface area contributed by atoms with E-state index in [0.717, 1.165) is 12.8 Å². The maximum absolute atomic E-state index is 11.9. The van der Waals surface area contributed by atoms with Gasteiger partial charge in [-0.1, -0.05) is 70.2 Å². The van der Waals surface area contributed by atoms with Crippen LogP contribution in [0, 0.1) is 0 Å². The standard InChI is InChI=1S/C17H18O2.C10H14O/c1-3-13(2)14-9-11-16(12-10-14)19-17(18)15-7-5-4-6-8-15;1-3-8(2)9-4-6-10(11)7-5-9/h4-13H,3H2,1-2H3;4-8,11H,3H2,1-2H3. The molecule has 0 aromatic heterocycles. The Balaban J connectivity index is 0.000000248. The summed E-state index contributed by atoms with van der Waals surface area (Å²) >= 11 is 0. The molecule has 0 saturated carbocycles. The van der Waals surface area contributed by atoms with Gasteiger partial charge in [0, 0.05) is 0 Å². The van der Waals surface area contributed by atoms with Gasteiger partial charge >= 0.3 is 5.97 Å². The maximum Gasteiger partial charge on any atom is 0.343 e. The number of carbonyl (C=O) groups excluding carboxylic acids is 1. The molecule has 3 aromatic rings. The minimum absolute atomic E-state index is 0.322. The minimum atomic E-state index is -0.322. The molecule has 0 saturated heterocycles. The van der Waals surface area contributed by atoms with Crippen molar-refractivity contribution in [2.45, 2.75) is 52.4 Å². The summed E-state index contributed by atoms with van der Waals surface area (Å²) in [5.41, 5.74) is 3.13. The van der Waals surface area contributed by atoms with Crippen LogP contribution in [0.5, 0.6) is 11.5 Å². The van der Waals surface area contributed by atoms with Crippen LogP contribution in [-0.4, -0.2) is 11.1 Å². The Bertz CT molecular complexity index is 884. The van der Waals surface area contributed by atoms with Crippen LogP contribution in [0.4, 0.5) is 0 Å². The average molecular weight is 405 g/mol. The smallest absolute Gasteiger partial charge is 0.343 e. The van der Waals surface area contributed by atoms with Crippen molar-refractivity contribution in [2.24, 2.45) is 0 Å². The van der Waals surface area contributed by atoms with Gasteiger partial charge in [-0.05, 0) is 72.2 Å². The Morgan fingerprint density at radius 2 is 1.23 bits per heavy atom. The molecule has 0 amide bonds. The first-order valence-electron chi connectivity index (χ1n) is 10.6. The van der Waals surface area contributed by atoms with E-state index < -0.39 is 0 Å². The van der Waals surface area contributed by atoms with Gasteiger partial charge in [-0.25, -0.2) is 4.79 Å². The monoisotopic (exact) mass is 404 g/mol. The van der Waals surface area contributed by atoms with Crippen molar-refractivity contribution in [3.63, 3.8) is 0 Å². The van der Waals surface area contributed by atoms with Crippen molar-refractivity contribution in [1.82, 2.24) is 0 Å². The molecule has 30 heavy (non-hydrogen) atoms. The molecule has 3 heteroatoms. The van der Waals surface area contributed by atoms with Crippen molar-refractivity contribution >= 4 is 5.97 Å². The molecule has 1 N–H and O–H groups in total. The quantitative estimate of drug-likeness (QED) is 0.346. The highest BCUT2D eigenvalue weighted by Crippen LogP contribution is 2.22. The number of esters is 1. The van der Waals surface area contributed by atoms with E-state index in [1.54, 1.807) is 24.3 Å². The van der Waals surface area contributed by atoms with E-state index >= 15 is 0 Å². The number of benzene rings is 3. The second-order valence-electron chi connectivity index (χ2n) is 7.53. The Hall–Kier alpha value is -3.07. The van der Waals surface area contributed by atoms with Crippen LogP contribution < -0.4 is 4.74 Å². The molecule has 0 radical (unpaired) electrons. The summed E-state index contributed by atoms with van der Waals surface area (Å²) in [7, 11) is 0. The molecule has 0 aliphatic carbocycles. The Morgan fingerprint density at radius 3 is 1.70 bits per heavy atom. The normalized spacial score (nSPS) is 12.3. The van der Waals surface area contributed by atoms with E-state index in [4.69, 9.17) is 9.84 Å². The highest BCUT2D eigenvalue weighted by atomic mass is 16.5. The van der Waals surface area contributed by atoms with Crippen molar-refractivity contribution in [3.05, 3.63) is 95.6 Å². The predicted octanol–water partition coefficient (Wildman–Crippen LogP) is 7.33. The number of rotatable bonds is 6. The summed E-state index contributed by atoms with van der Waals surface area (Å²) in [6, 6.07) is 24.2. The zero-order chi connectivity index (χ0) is 21.9. The van der Waals surface area contributed by atoms with Crippen LogP contribution in [-0.2, 0) is 0 Å². The highest BCUT2D eigenvalue weighted by Gasteiger charge is 2.08. The maximum atomic E-state index is 11.9. The first-order chi connectivity index (χ1) is 14.4. The third-order valence-corrected chi connectivity index (χ3v) is 5.36. The highest BCUT2D eigenvalue weighted by molar-refractivity contribution is 5.90. The molecule has 0 spiro atoms. The fourth-order valence-electron chi connectivity index (χ4n) is 2.88. The topological polar surface area (TPSA) is 46.5 Å². The number of phenols is 1. The lowest BCUT2D eigenvalue weighted by atomic mass is 9.99. The molecule has 3 aromatic carbocycles. The van der Waals surface area contributed by atoms with Gasteiger partial charge in [-0.15, -0.1) is 0 Å². The summed E-state index contributed by atoms with van der Waals surface area (Å²) in [6.07, 6.45) is 2.24. The molecule has 3 nitrogen and oxygen atoms in total. The van der Waals surface area contributed by atoms with Crippen LogP contribution in [0.3, 0.4) is 0 Å². The summed E-state index contributed by atoms with van der Waals surface area (Å²) < 4.78 is 5.33. The first-order valence-corrected chi connectivity index (χ1v) is 10.6. The van der Waals surface area contributed by atoms with Gasteiger partial charge in [0.25, 0.3) is 0 Å². The molecular formula is C27H32O3.